The number of carbonyl (C=O) groups is 2. The van der Waals surface area contributed by atoms with Gasteiger partial charge in [0, 0.05) is 48.1 Å². The van der Waals surface area contributed by atoms with Gasteiger partial charge in [-0.3, -0.25) is 19.5 Å². The molecule has 0 saturated carbocycles. The first-order chi connectivity index (χ1) is 17.0. The minimum atomic E-state index is -0.527. The molecule has 176 valence electrons. The Hall–Kier alpha value is -4.37. The molecule has 4 aromatic rings. The van der Waals surface area contributed by atoms with E-state index in [1.807, 2.05) is 12.1 Å². The molecule has 9 heteroatoms. The number of pyridine rings is 1. The van der Waals surface area contributed by atoms with E-state index in [1.165, 1.54) is 47.4 Å². The van der Waals surface area contributed by atoms with E-state index in [0.29, 0.717) is 28.9 Å². The highest BCUT2D eigenvalue weighted by Crippen LogP contribution is 2.31. The molecule has 0 radical (unpaired) electrons. The number of benzene rings is 2. The summed E-state index contributed by atoms with van der Waals surface area (Å²) in [5.74, 6) is -0.650. The van der Waals surface area contributed by atoms with Gasteiger partial charge in [0.05, 0.1) is 11.4 Å². The summed E-state index contributed by atoms with van der Waals surface area (Å²) in [5, 5.41) is 4.77. The predicted molar refractivity (Wildman–Crippen MR) is 134 cm³/mol. The highest BCUT2D eigenvalue weighted by molar-refractivity contribution is 7.14. The van der Waals surface area contributed by atoms with Crippen LogP contribution >= 0.6 is 11.3 Å². The van der Waals surface area contributed by atoms with Crippen LogP contribution in [0.2, 0.25) is 0 Å². The molecule has 0 bridgehead atoms. The number of halogens is 1. The number of anilines is 3. The van der Waals surface area contributed by atoms with Crippen LogP contribution in [-0.4, -0.2) is 21.8 Å². The molecule has 0 aliphatic heterocycles. The Balaban J connectivity index is 1.39. The molecule has 0 unspecified atom stereocenters. The van der Waals surface area contributed by atoms with Crippen LogP contribution in [0.5, 0.6) is 5.75 Å². The van der Waals surface area contributed by atoms with E-state index in [9.17, 15) is 14.0 Å². The average molecular weight is 489 g/mol. The van der Waals surface area contributed by atoms with Crippen LogP contribution in [0.1, 0.15) is 18.2 Å². The second-order valence-electron chi connectivity index (χ2n) is 7.36. The second-order valence-corrected chi connectivity index (χ2v) is 8.20. The van der Waals surface area contributed by atoms with Gasteiger partial charge < -0.3 is 10.1 Å². The Labute approximate surface area is 205 Å². The van der Waals surface area contributed by atoms with Gasteiger partial charge in [-0.05, 0) is 36.4 Å². The summed E-state index contributed by atoms with van der Waals surface area (Å²) in [4.78, 5) is 34.2. The number of ether oxygens (including phenoxy) is 1. The zero-order chi connectivity index (χ0) is 24.6. The predicted octanol–water partition coefficient (Wildman–Crippen LogP) is 5.59. The summed E-state index contributed by atoms with van der Waals surface area (Å²) in [6, 6.07) is 16.8. The molecule has 2 aromatic heterocycles. The van der Waals surface area contributed by atoms with Gasteiger partial charge in [0.2, 0.25) is 11.8 Å². The molecule has 0 aliphatic rings. The Bertz CT molecular complexity index is 1360. The number of hydrogen-bond acceptors (Lipinski definition) is 6. The third-order valence-corrected chi connectivity index (χ3v) is 5.59. The standard InChI is InChI=1S/C26H21FN4O3S/c1-18(32)31(24-10-3-2-9-23(24)27)26-30-21(17-35-26)11-12-25(33)29-20-7-4-8-22(14-20)34-16-19-6-5-13-28-15-19/h2-15,17H,16H2,1H3,(H,29,33). The fourth-order valence-corrected chi connectivity index (χ4v) is 4.00. The lowest BCUT2D eigenvalue weighted by molar-refractivity contribution is -0.116. The second kappa shape index (κ2) is 11.2. The lowest BCUT2D eigenvalue weighted by atomic mass is 10.3. The average Bonchev–Trinajstić information content (AvgIpc) is 3.32. The van der Waals surface area contributed by atoms with Crippen molar-refractivity contribution in [2.45, 2.75) is 13.5 Å². The van der Waals surface area contributed by atoms with Crippen molar-refractivity contribution >= 4 is 45.7 Å². The topological polar surface area (TPSA) is 84.4 Å². The van der Waals surface area contributed by atoms with Gasteiger partial charge in [-0.2, -0.15) is 0 Å². The number of nitrogens with one attached hydrogen (secondary N) is 1. The smallest absolute Gasteiger partial charge is 0.248 e. The summed E-state index contributed by atoms with van der Waals surface area (Å²) in [6.45, 7) is 1.70. The molecule has 0 aliphatic carbocycles. The molecule has 0 spiro atoms. The fourth-order valence-electron chi connectivity index (χ4n) is 3.15. The Kier molecular flexibility index (Phi) is 7.59. The van der Waals surface area contributed by atoms with Crippen molar-refractivity contribution in [3.63, 3.8) is 0 Å². The van der Waals surface area contributed by atoms with Crippen molar-refractivity contribution in [2.75, 3.05) is 10.2 Å². The van der Waals surface area contributed by atoms with Gasteiger partial charge >= 0.3 is 0 Å². The molecular weight excluding hydrogens is 467 g/mol. The minimum Gasteiger partial charge on any atom is -0.489 e. The van der Waals surface area contributed by atoms with E-state index in [2.05, 4.69) is 15.3 Å². The van der Waals surface area contributed by atoms with Gasteiger partial charge in [-0.15, -0.1) is 11.3 Å². The highest BCUT2D eigenvalue weighted by atomic mass is 32.1. The number of rotatable bonds is 8. The van der Waals surface area contributed by atoms with Crippen LogP contribution in [0.25, 0.3) is 6.08 Å². The van der Waals surface area contributed by atoms with Crippen molar-refractivity contribution in [3.05, 3.63) is 102 Å². The van der Waals surface area contributed by atoms with Crippen molar-refractivity contribution in [1.29, 1.82) is 0 Å². The van der Waals surface area contributed by atoms with Gasteiger partial charge in [-0.25, -0.2) is 9.37 Å². The zero-order valence-corrected chi connectivity index (χ0v) is 19.5. The first-order valence-corrected chi connectivity index (χ1v) is 11.5. The van der Waals surface area contributed by atoms with Crippen molar-refractivity contribution in [2.24, 2.45) is 0 Å². The van der Waals surface area contributed by atoms with Crippen LogP contribution in [-0.2, 0) is 16.2 Å². The minimum absolute atomic E-state index is 0.119. The van der Waals surface area contributed by atoms with E-state index >= 15 is 0 Å². The molecule has 2 aromatic carbocycles. The van der Waals surface area contributed by atoms with Gasteiger partial charge in [-0.1, -0.05) is 24.3 Å². The molecular formula is C26H21FN4O3S. The number of amides is 2. The van der Waals surface area contributed by atoms with Crippen molar-refractivity contribution < 1.29 is 18.7 Å². The van der Waals surface area contributed by atoms with Gasteiger partial charge in [0.25, 0.3) is 0 Å². The van der Waals surface area contributed by atoms with E-state index in [-0.39, 0.29) is 17.5 Å². The number of thiazole rings is 1. The monoisotopic (exact) mass is 488 g/mol. The van der Waals surface area contributed by atoms with Crippen molar-refractivity contribution in [3.8, 4) is 5.75 Å². The van der Waals surface area contributed by atoms with Crippen LogP contribution in [0.15, 0.2) is 84.5 Å². The summed E-state index contributed by atoms with van der Waals surface area (Å²) in [5.41, 5.74) is 2.10. The third-order valence-electron chi connectivity index (χ3n) is 4.74. The Morgan fingerprint density at radius 3 is 2.77 bits per heavy atom. The number of carbonyl (C=O) groups excluding carboxylic acids is 2. The summed E-state index contributed by atoms with van der Waals surface area (Å²) in [6.07, 6.45) is 6.29. The van der Waals surface area contributed by atoms with Gasteiger partial charge in [0.1, 0.15) is 18.2 Å². The zero-order valence-electron chi connectivity index (χ0n) is 18.7. The molecule has 2 amide bonds. The number of para-hydroxylation sites is 1. The maximum Gasteiger partial charge on any atom is 0.248 e. The first kappa shape index (κ1) is 23.8. The van der Waals surface area contributed by atoms with Crippen molar-refractivity contribution in [1.82, 2.24) is 9.97 Å². The molecule has 1 N–H and O–H groups in total. The summed E-state index contributed by atoms with van der Waals surface area (Å²) in [7, 11) is 0. The number of aromatic nitrogens is 2. The lowest BCUT2D eigenvalue weighted by Gasteiger charge is -2.18. The molecule has 0 atom stereocenters. The third kappa shape index (κ3) is 6.36. The SMILES string of the molecule is CC(=O)N(c1nc(C=CC(=O)Nc2cccc(OCc3cccnc3)c2)cs1)c1ccccc1F. The summed E-state index contributed by atoms with van der Waals surface area (Å²) >= 11 is 1.17. The summed E-state index contributed by atoms with van der Waals surface area (Å²) < 4.78 is 20.0. The van der Waals surface area contributed by atoms with Crippen LogP contribution in [0.4, 0.5) is 20.9 Å². The maximum absolute atomic E-state index is 14.2. The molecule has 35 heavy (non-hydrogen) atoms. The van der Waals surface area contributed by atoms with Crippen LogP contribution < -0.4 is 15.0 Å². The van der Waals surface area contributed by atoms with E-state index in [4.69, 9.17) is 4.74 Å². The van der Waals surface area contributed by atoms with E-state index < -0.39 is 5.82 Å². The van der Waals surface area contributed by atoms with Crippen LogP contribution in [0, 0.1) is 5.82 Å². The van der Waals surface area contributed by atoms with E-state index in [0.717, 1.165) is 5.56 Å². The maximum atomic E-state index is 14.2. The molecule has 4 rings (SSSR count). The molecule has 0 fully saturated rings. The molecule has 0 saturated heterocycles. The normalized spacial score (nSPS) is 10.8. The van der Waals surface area contributed by atoms with Crippen LogP contribution in [0.3, 0.4) is 0 Å². The van der Waals surface area contributed by atoms with E-state index in [1.54, 1.807) is 54.2 Å². The molecule has 2 heterocycles. The largest absolute Gasteiger partial charge is 0.489 e. The fraction of sp³-hybridized carbons (Fsp3) is 0.0769. The number of hydrogen-bond donors (Lipinski definition) is 1. The quantitative estimate of drug-likeness (QED) is 0.327. The lowest BCUT2D eigenvalue weighted by Crippen LogP contribution is -2.23. The first-order valence-electron chi connectivity index (χ1n) is 10.6. The highest BCUT2D eigenvalue weighted by Gasteiger charge is 2.20. The Morgan fingerprint density at radius 1 is 1.14 bits per heavy atom. The Morgan fingerprint density at radius 2 is 2.00 bits per heavy atom. The molecule has 7 nitrogen and oxygen atoms in total. The van der Waals surface area contributed by atoms with Gasteiger partial charge in [0.15, 0.2) is 5.13 Å². The number of nitrogens with zero attached hydrogens (tertiary/aromatic N) is 3.